The molecule has 2 aromatic rings. The first-order valence-electron chi connectivity index (χ1n) is 11.1. The van der Waals surface area contributed by atoms with Gasteiger partial charge in [-0.25, -0.2) is 0 Å². The van der Waals surface area contributed by atoms with Crippen molar-refractivity contribution < 1.29 is 4.74 Å². The number of rotatable bonds is 6. The summed E-state index contributed by atoms with van der Waals surface area (Å²) in [6.45, 7) is 6.24. The molecule has 2 nitrogen and oxygen atoms in total. The second kappa shape index (κ2) is 8.29. The number of nitrogens with zero attached hydrogens (tertiary/aromatic N) is 1. The van der Waals surface area contributed by atoms with Crippen LogP contribution < -0.4 is 4.74 Å². The molecule has 0 spiro atoms. The van der Waals surface area contributed by atoms with Gasteiger partial charge in [-0.05, 0) is 73.9 Å². The van der Waals surface area contributed by atoms with Crippen LogP contribution in [0.4, 0.5) is 0 Å². The maximum absolute atomic E-state index is 5.56. The van der Waals surface area contributed by atoms with Crippen molar-refractivity contribution >= 4 is 0 Å². The Morgan fingerprint density at radius 1 is 0.964 bits per heavy atom. The maximum Gasteiger partial charge on any atom is 0.119 e. The lowest BCUT2D eigenvalue weighted by atomic mass is 9.51. The average Bonchev–Trinajstić information content (AvgIpc) is 2.74. The predicted octanol–water partition coefficient (Wildman–Crippen LogP) is 5.85. The molecule has 1 aliphatic carbocycles. The third-order valence-electron chi connectivity index (χ3n) is 7.57. The normalized spacial score (nSPS) is 27.9. The van der Waals surface area contributed by atoms with Crippen LogP contribution in [0.5, 0.6) is 5.75 Å². The number of hydrogen-bond acceptors (Lipinski definition) is 2. The summed E-state index contributed by atoms with van der Waals surface area (Å²) >= 11 is 0. The van der Waals surface area contributed by atoms with Crippen LogP contribution in [0.25, 0.3) is 0 Å². The smallest absolute Gasteiger partial charge is 0.119 e. The number of hydrogen-bond donors (Lipinski definition) is 0. The molecule has 2 fully saturated rings. The summed E-state index contributed by atoms with van der Waals surface area (Å²) in [7, 11) is 1.78. The first kappa shape index (κ1) is 19.5. The second-order valence-corrected chi connectivity index (χ2v) is 9.20. The van der Waals surface area contributed by atoms with E-state index in [0.29, 0.717) is 10.8 Å². The molecule has 150 valence electrons. The van der Waals surface area contributed by atoms with Crippen LogP contribution in [-0.2, 0) is 11.8 Å². The molecule has 0 radical (unpaired) electrons. The molecule has 1 saturated heterocycles. The number of likely N-dealkylation sites (tertiary alicyclic amines) is 1. The lowest BCUT2D eigenvalue weighted by molar-refractivity contribution is -0.0215. The Hall–Kier alpha value is -1.80. The molecule has 0 bridgehead atoms. The summed E-state index contributed by atoms with van der Waals surface area (Å²) in [6, 6.07) is 19.9. The van der Waals surface area contributed by atoms with Crippen molar-refractivity contribution in [3.63, 3.8) is 0 Å². The zero-order valence-corrected chi connectivity index (χ0v) is 17.6. The molecule has 0 aromatic heterocycles. The maximum atomic E-state index is 5.56. The molecule has 2 atom stereocenters. The largest absolute Gasteiger partial charge is 0.497 e. The molecule has 2 unspecified atom stereocenters. The highest BCUT2D eigenvalue weighted by Gasteiger charge is 2.53. The molecular weight excluding hydrogens is 342 g/mol. The van der Waals surface area contributed by atoms with Crippen molar-refractivity contribution in [1.82, 2.24) is 4.90 Å². The molecule has 0 N–H and O–H groups in total. The SMILES string of the molecule is COc1cccc(C23CCCCC2(C)CN(CCCc2ccccc2)CC3)c1. The van der Waals surface area contributed by atoms with Gasteiger partial charge in [0.2, 0.25) is 0 Å². The number of aryl methyl sites for hydroxylation is 1. The van der Waals surface area contributed by atoms with Gasteiger partial charge in [0, 0.05) is 12.0 Å². The van der Waals surface area contributed by atoms with E-state index < -0.39 is 0 Å². The fraction of sp³-hybridized carbons (Fsp3) is 0.538. The standard InChI is InChI=1S/C26H35NO/c1-25-15-6-7-16-26(25,23-13-8-14-24(20-23)28-2)17-19-27(21-25)18-9-12-22-10-4-3-5-11-22/h3-5,8,10-11,13-14,20H,6-7,9,12,15-19,21H2,1-2H3. The Labute approximate surface area is 170 Å². The highest BCUT2D eigenvalue weighted by molar-refractivity contribution is 5.37. The van der Waals surface area contributed by atoms with Crippen LogP contribution in [0.15, 0.2) is 54.6 Å². The molecule has 0 amide bonds. The van der Waals surface area contributed by atoms with Crippen LogP contribution in [-0.4, -0.2) is 31.6 Å². The van der Waals surface area contributed by atoms with E-state index in [9.17, 15) is 0 Å². The van der Waals surface area contributed by atoms with Crippen molar-refractivity contribution in [3.05, 3.63) is 65.7 Å². The Bertz CT molecular complexity index is 773. The molecule has 2 aliphatic rings. The first-order valence-corrected chi connectivity index (χ1v) is 11.1. The zero-order valence-electron chi connectivity index (χ0n) is 17.6. The topological polar surface area (TPSA) is 12.5 Å². The molecule has 2 aromatic carbocycles. The van der Waals surface area contributed by atoms with E-state index in [0.717, 1.165) is 5.75 Å². The number of fused-ring (bicyclic) bond motifs is 1. The highest BCUT2D eigenvalue weighted by atomic mass is 16.5. The van der Waals surface area contributed by atoms with E-state index in [1.54, 1.807) is 7.11 Å². The van der Waals surface area contributed by atoms with Gasteiger partial charge in [-0.1, -0.05) is 62.2 Å². The van der Waals surface area contributed by atoms with Gasteiger partial charge in [0.1, 0.15) is 5.75 Å². The van der Waals surface area contributed by atoms with Crippen molar-refractivity contribution in [2.24, 2.45) is 5.41 Å². The lowest BCUT2D eigenvalue weighted by Crippen LogP contribution is -2.58. The minimum Gasteiger partial charge on any atom is -0.497 e. The van der Waals surface area contributed by atoms with Crippen molar-refractivity contribution in [2.75, 3.05) is 26.7 Å². The monoisotopic (exact) mass is 377 g/mol. The lowest BCUT2D eigenvalue weighted by Gasteiger charge is -2.58. The average molecular weight is 378 g/mol. The number of benzene rings is 2. The molecule has 1 saturated carbocycles. The van der Waals surface area contributed by atoms with Crippen molar-refractivity contribution in [3.8, 4) is 5.75 Å². The molecule has 4 rings (SSSR count). The number of methoxy groups -OCH3 is 1. The van der Waals surface area contributed by atoms with Crippen LogP contribution in [0.2, 0.25) is 0 Å². The number of ether oxygens (including phenoxy) is 1. The van der Waals surface area contributed by atoms with Gasteiger partial charge >= 0.3 is 0 Å². The van der Waals surface area contributed by atoms with Crippen molar-refractivity contribution in [1.29, 1.82) is 0 Å². The number of piperidine rings is 1. The van der Waals surface area contributed by atoms with Crippen LogP contribution in [0.1, 0.15) is 56.6 Å². The quantitative estimate of drug-likeness (QED) is 0.626. The van der Waals surface area contributed by atoms with Gasteiger partial charge in [0.15, 0.2) is 0 Å². The summed E-state index contributed by atoms with van der Waals surface area (Å²) < 4.78 is 5.56. The van der Waals surface area contributed by atoms with Crippen LogP contribution in [0.3, 0.4) is 0 Å². The fourth-order valence-corrected chi connectivity index (χ4v) is 5.96. The van der Waals surface area contributed by atoms with E-state index in [-0.39, 0.29) is 0 Å². The molecule has 28 heavy (non-hydrogen) atoms. The van der Waals surface area contributed by atoms with Gasteiger partial charge in [-0.3, -0.25) is 0 Å². The van der Waals surface area contributed by atoms with E-state index in [4.69, 9.17) is 4.74 Å². The van der Waals surface area contributed by atoms with E-state index in [1.807, 2.05) is 0 Å². The third kappa shape index (κ3) is 3.72. The minimum absolute atomic E-state index is 0.315. The summed E-state index contributed by atoms with van der Waals surface area (Å²) in [4.78, 5) is 2.74. The van der Waals surface area contributed by atoms with Gasteiger partial charge < -0.3 is 9.64 Å². The highest BCUT2D eigenvalue weighted by Crippen LogP contribution is 2.57. The van der Waals surface area contributed by atoms with Crippen LogP contribution >= 0.6 is 0 Å². The first-order chi connectivity index (χ1) is 13.7. The van der Waals surface area contributed by atoms with Gasteiger partial charge in [0.25, 0.3) is 0 Å². The van der Waals surface area contributed by atoms with Gasteiger partial charge in [-0.15, -0.1) is 0 Å². The van der Waals surface area contributed by atoms with Crippen LogP contribution in [0, 0.1) is 5.41 Å². The Kier molecular flexibility index (Phi) is 5.78. The zero-order chi connectivity index (χ0) is 19.5. The molecule has 1 heterocycles. The second-order valence-electron chi connectivity index (χ2n) is 9.20. The van der Waals surface area contributed by atoms with Gasteiger partial charge in [-0.2, -0.15) is 0 Å². The summed E-state index contributed by atoms with van der Waals surface area (Å²) in [6.07, 6.45) is 9.14. The summed E-state index contributed by atoms with van der Waals surface area (Å²) in [5, 5.41) is 0. The van der Waals surface area contributed by atoms with E-state index in [1.165, 1.54) is 75.7 Å². The summed E-state index contributed by atoms with van der Waals surface area (Å²) in [5.41, 5.74) is 3.66. The predicted molar refractivity (Wildman–Crippen MR) is 117 cm³/mol. The fourth-order valence-electron chi connectivity index (χ4n) is 5.96. The Balaban J connectivity index is 1.47. The minimum atomic E-state index is 0.315. The Morgan fingerprint density at radius 3 is 2.61 bits per heavy atom. The van der Waals surface area contributed by atoms with Gasteiger partial charge in [0.05, 0.1) is 7.11 Å². The molecular formula is C26H35NO. The third-order valence-corrected chi connectivity index (χ3v) is 7.57. The Morgan fingerprint density at radius 2 is 1.79 bits per heavy atom. The molecule has 1 aliphatic heterocycles. The van der Waals surface area contributed by atoms with E-state index in [2.05, 4.69) is 66.4 Å². The molecule has 2 heteroatoms. The van der Waals surface area contributed by atoms with E-state index >= 15 is 0 Å². The van der Waals surface area contributed by atoms with Crippen molar-refractivity contribution in [2.45, 2.75) is 57.3 Å². The summed E-state index contributed by atoms with van der Waals surface area (Å²) in [5.74, 6) is 1.00.